The number of benzodiazepines with no additional fused rings is 1. The quantitative estimate of drug-likeness (QED) is 0.428. The van der Waals surface area contributed by atoms with Crippen LogP contribution in [0.4, 0.5) is 10.1 Å². The van der Waals surface area contributed by atoms with Gasteiger partial charge >= 0.3 is 5.97 Å². The molecule has 4 rings (SSSR count). The first kappa shape index (κ1) is 23.2. The van der Waals surface area contributed by atoms with Gasteiger partial charge in [-0.25, -0.2) is 9.38 Å². The van der Waals surface area contributed by atoms with Crippen molar-refractivity contribution in [2.75, 3.05) is 5.32 Å². The maximum absolute atomic E-state index is 14.6. The van der Waals surface area contributed by atoms with Crippen molar-refractivity contribution in [1.82, 2.24) is 0 Å². The number of nitrogens with one attached hydrogen (secondary N) is 1. The molecule has 6 atom stereocenters. The molecule has 2 heterocycles. The summed E-state index contributed by atoms with van der Waals surface area (Å²) in [6.07, 6.45) is -9.51. The van der Waals surface area contributed by atoms with E-state index >= 15 is 0 Å². The van der Waals surface area contributed by atoms with Gasteiger partial charge in [0.15, 0.2) is 12.6 Å². The van der Waals surface area contributed by atoms with Crippen molar-refractivity contribution < 1.29 is 43.9 Å². The lowest BCUT2D eigenvalue weighted by Gasteiger charge is -2.39. The van der Waals surface area contributed by atoms with Crippen LogP contribution in [0.15, 0.2) is 47.5 Å². The Hall–Kier alpha value is -2.93. The number of rotatable bonds is 4. The Balaban J connectivity index is 1.78. The molecule has 5 N–H and O–H groups in total. The van der Waals surface area contributed by atoms with Crippen LogP contribution in [0.1, 0.15) is 11.1 Å². The van der Waals surface area contributed by atoms with Gasteiger partial charge in [-0.2, -0.15) is 0 Å². The number of fused-ring (bicyclic) bond motifs is 1. The standard InChI is InChI=1S/C21H18ClFN2O8/c22-8-5-6-12-10(7-8)14(9-3-1-2-4-11(9)23)25-18(17(28)24-12)32-21-13(19(29)30)15(26)16(27)20(31)33-21/h1-7,13,15-16,18,20-21,26-27,31H,(H,24,28)(H,29,30)/t13-,15+,16-,18?,20-,21-/m0/s1. The van der Waals surface area contributed by atoms with Gasteiger partial charge in [-0.05, 0) is 30.3 Å². The van der Waals surface area contributed by atoms with Crippen LogP contribution in [0.25, 0.3) is 0 Å². The number of carboxylic acids is 1. The van der Waals surface area contributed by atoms with Crippen LogP contribution >= 0.6 is 11.6 Å². The van der Waals surface area contributed by atoms with Crippen LogP contribution in [0.2, 0.25) is 5.02 Å². The lowest BCUT2D eigenvalue weighted by atomic mass is 9.94. The normalized spacial score (nSPS) is 29.5. The molecule has 1 unspecified atom stereocenters. The number of benzene rings is 2. The molecule has 174 valence electrons. The SMILES string of the molecule is O=C1Nc2ccc(Cl)cc2C(c2ccccc2F)=NC1O[C@H]1O[C@H](O)[C@@H](O)[C@H](O)[C@H]1C(=O)O. The summed E-state index contributed by atoms with van der Waals surface area (Å²) in [6.45, 7) is 0. The number of aliphatic carboxylic acids is 1. The molecule has 2 aromatic rings. The smallest absolute Gasteiger partial charge is 0.314 e. The first-order chi connectivity index (χ1) is 15.7. The van der Waals surface area contributed by atoms with Crippen molar-refractivity contribution in [3.63, 3.8) is 0 Å². The summed E-state index contributed by atoms with van der Waals surface area (Å²) in [6, 6.07) is 10.1. The summed E-state index contributed by atoms with van der Waals surface area (Å²) >= 11 is 6.09. The molecule has 1 amide bonds. The van der Waals surface area contributed by atoms with E-state index in [9.17, 15) is 34.4 Å². The predicted molar refractivity (Wildman–Crippen MR) is 111 cm³/mol. The van der Waals surface area contributed by atoms with Gasteiger partial charge in [-0.3, -0.25) is 9.59 Å². The van der Waals surface area contributed by atoms with Crippen LogP contribution in [-0.4, -0.2) is 69.0 Å². The molecule has 2 aliphatic heterocycles. The molecule has 12 heteroatoms. The van der Waals surface area contributed by atoms with E-state index in [1.165, 1.54) is 36.4 Å². The van der Waals surface area contributed by atoms with Crippen LogP contribution in [-0.2, 0) is 19.1 Å². The first-order valence-corrected chi connectivity index (χ1v) is 10.1. The van der Waals surface area contributed by atoms with Crippen molar-refractivity contribution in [2.24, 2.45) is 10.9 Å². The maximum atomic E-state index is 14.6. The second-order valence-corrected chi connectivity index (χ2v) is 7.80. The Kier molecular flexibility index (Phi) is 6.43. The van der Waals surface area contributed by atoms with Crippen molar-refractivity contribution >= 4 is 34.9 Å². The minimum absolute atomic E-state index is 0.0148. The number of aliphatic imine (C=N–C) groups is 1. The maximum Gasteiger partial charge on any atom is 0.314 e. The molecule has 2 aliphatic rings. The van der Waals surface area contributed by atoms with Gasteiger partial charge in [0.2, 0.25) is 6.23 Å². The summed E-state index contributed by atoms with van der Waals surface area (Å²) in [5.41, 5.74) is 0.521. The highest BCUT2D eigenvalue weighted by atomic mass is 35.5. The molecule has 0 bridgehead atoms. The van der Waals surface area contributed by atoms with Gasteiger partial charge in [-0.1, -0.05) is 23.7 Å². The fourth-order valence-electron chi connectivity index (χ4n) is 3.57. The Morgan fingerprint density at radius 2 is 1.85 bits per heavy atom. The average molecular weight is 481 g/mol. The zero-order chi connectivity index (χ0) is 23.9. The minimum atomic E-state index is -1.99. The molecule has 1 fully saturated rings. The molecule has 0 aromatic heterocycles. The molecule has 10 nitrogen and oxygen atoms in total. The van der Waals surface area contributed by atoms with Gasteiger partial charge in [0, 0.05) is 16.1 Å². The van der Waals surface area contributed by atoms with Crippen LogP contribution in [0, 0.1) is 11.7 Å². The summed E-state index contributed by atoms with van der Waals surface area (Å²) in [7, 11) is 0. The third kappa shape index (κ3) is 4.47. The van der Waals surface area contributed by atoms with Gasteiger partial charge in [-0.15, -0.1) is 0 Å². The Labute approximate surface area is 190 Å². The molecular formula is C21H18ClFN2O8. The fraction of sp³-hybridized carbons (Fsp3) is 0.286. The van der Waals surface area contributed by atoms with E-state index in [0.29, 0.717) is 0 Å². The predicted octanol–water partition coefficient (Wildman–Crippen LogP) is 0.709. The number of anilines is 1. The summed E-state index contributed by atoms with van der Waals surface area (Å²) < 4.78 is 25.1. The number of nitrogens with zero attached hydrogens (tertiary/aromatic N) is 1. The molecule has 0 aliphatic carbocycles. The van der Waals surface area contributed by atoms with Crippen LogP contribution in [0.5, 0.6) is 0 Å². The molecule has 2 aromatic carbocycles. The van der Waals surface area contributed by atoms with E-state index < -0.39 is 54.6 Å². The minimum Gasteiger partial charge on any atom is -0.481 e. The van der Waals surface area contributed by atoms with Gasteiger partial charge in [0.05, 0.1) is 11.4 Å². The summed E-state index contributed by atoms with van der Waals surface area (Å²) in [4.78, 5) is 28.7. The number of carbonyl (C=O) groups is 2. The molecule has 1 saturated heterocycles. The number of aliphatic hydroxyl groups excluding tert-OH is 3. The number of ether oxygens (including phenoxy) is 2. The monoisotopic (exact) mass is 480 g/mol. The van der Waals surface area contributed by atoms with Crippen molar-refractivity contribution in [2.45, 2.75) is 31.0 Å². The van der Waals surface area contributed by atoms with E-state index in [1.54, 1.807) is 6.07 Å². The van der Waals surface area contributed by atoms with Gasteiger partial charge < -0.3 is 35.2 Å². The van der Waals surface area contributed by atoms with Crippen molar-refractivity contribution in [1.29, 1.82) is 0 Å². The van der Waals surface area contributed by atoms with E-state index in [0.717, 1.165) is 0 Å². The topological polar surface area (TPSA) is 158 Å². The third-order valence-corrected chi connectivity index (χ3v) is 5.45. The molecular weight excluding hydrogens is 463 g/mol. The molecule has 0 saturated carbocycles. The van der Waals surface area contributed by atoms with E-state index in [4.69, 9.17) is 21.1 Å². The lowest BCUT2D eigenvalue weighted by molar-refractivity contribution is -0.330. The Morgan fingerprint density at radius 3 is 2.55 bits per heavy atom. The van der Waals surface area contributed by atoms with Crippen LogP contribution < -0.4 is 5.32 Å². The molecule has 33 heavy (non-hydrogen) atoms. The molecule has 0 radical (unpaired) electrons. The number of carboxylic acid groups (broad SMARTS) is 1. The van der Waals surface area contributed by atoms with E-state index in [-0.39, 0.29) is 27.5 Å². The largest absolute Gasteiger partial charge is 0.481 e. The number of hydrogen-bond acceptors (Lipinski definition) is 8. The summed E-state index contributed by atoms with van der Waals surface area (Å²) in [5.74, 6) is -4.97. The highest BCUT2D eigenvalue weighted by Gasteiger charge is 2.50. The number of carbonyl (C=O) groups excluding carboxylic acids is 1. The number of aliphatic hydroxyl groups is 3. The Morgan fingerprint density at radius 1 is 1.12 bits per heavy atom. The first-order valence-electron chi connectivity index (χ1n) is 9.69. The average Bonchev–Trinajstić information content (AvgIpc) is 2.89. The zero-order valence-corrected chi connectivity index (χ0v) is 17.4. The van der Waals surface area contributed by atoms with Gasteiger partial charge in [0.25, 0.3) is 5.91 Å². The van der Waals surface area contributed by atoms with Crippen molar-refractivity contribution in [3.8, 4) is 0 Å². The van der Waals surface area contributed by atoms with E-state index in [1.807, 2.05) is 0 Å². The highest BCUT2D eigenvalue weighted by Crippen LogP contribution is 2.31. The zero-order valence-electron chi connectivity index (χ0n) is 16.6. The highest BCUT2D eigenvalue weighted by molar-refractivity contribution is 6.32. The van der Waals surface area contributed by atoms with E-state index in [2.05, 4.69) is 10.3 Å². The fourth-order valence-corrected chi connectivity index (χ4v) is 3.74. The number of hydrogen-bond donors (Lipinski definition) is 5. The van der Waals surface area contributed by atoms with Crippen LogP contribution in [0.3, 0.4) is 0 Å². The summed E-state index contributed by atoms with van der Waals surface area (Å²) in [5, 5.41) is 41.9. The third-order valence-electron chi connectivity index (χ3n) is 5.22. The second-order valence-electron chi connectivity index (χ2n) is 7.37. The second kappa shape index (κ2) is 9.14. The number of amides is 1. The van der Waals surface area contributed by atoms with Crippen molar-refractivity contribution in [3.05, 3.63) is 64.4 Å². The number of halogens is 2. The Bertz CT molecular complexity index is 1130. The lowest BCUT2D eigenvalue weighted by Crippen LogP contribution is -2.58. The van der Waals surface area contributed by atoms with Gasteiger partial charge in [0.1, 0.15) is 23.9 Å². The molecule has 0 spiro atoms.